The molecule has 1 fully saturated rings. The van der Waals surface area contributed by atoms with Crippen LogP contribution in [0.3, 0.4) is 0 Å². The molecule has 2 N–H and O–H groups in total. The van der Waals surface area contributed by atoms with E-state index in [2.05, 4.69) is 6.08 Å². The lowest BCUT2D eigenvalue weighted by molar-refractivity contribution is -0.159. The Morgan fingerprint density at radius 3 is 2.23 bits per heavy atom. The zero-order chi connectivity index (χ0) is 44.7. The lowest BCUT2D eigenvalue weighted by Gasteiger charge is -2.39. The van der Waals surface area contributed by atoms with E-state index in [-0.39, 0.29) is 42.4 Å². The van der Waals surface area contributed by atoms with Crippen LogP contribution in [0.15, 0.2) is 48.2 Å². The molecule has 0 radical (unpaired) electrons. The quantitative estimate of drug-likeness (QED) is 0.0869. The number of fused-ring (bicyclic) bond motifs is 2. The van der Waals surface area contributed by atoms with Crippen LogP contribution in [-0.2, 0) is 52.3 Å². The van der Waals surface area contributed by atoms with Crippen LogP contribution >= 0.6 is 0 Å². The summed E-state index contributed by atoms with van der Waals surface area (Å²) in [5.74, 6) is -2.55. The highest BCUT2D eigenvalue weighted by Gasteiger charge is 2.59. The molecule has 0 aromatic carbocycles. The van der Waals surface area contributed by atoms with Gasteiger partial charge < -0.3 is 53.0 Å². The van der Waals surface area contributed by atoms with Gasteiger partial charge in [0, 0.05) is 104 Å². The van der Waals surface area contributed by atoms with Gasteiger partial charge in [-0.15, -0.1) is 0 Å². The second-order valence-electron chi connectivity index (χ2n) is 17.2. The van der Waals surface area contributed by atoms with Crippen molar-refractivity contribution in [1.82, 2.24) is 4.90 Å². The molecule has 1 saturated heterocycles. The normalized spacial score (nSPS) is 35.3. The summed E-state index contributed by atoms with van der Waals surface area (Å²) in [5, 5.41) is 23.0. The van der Waals surface area contributed by atoms with Crippen molar-refractivity contribution >= 4 is 18.2 Å². The Morgan fingerprint density at radius 1 is 1.00 bits per heavy atom. The number of carbonyl (C=O) groups is 3. The molecule has 3 heterocycles. The van der Waals surface area contributed by atoms with Crippen molar-refractivity contribution in [3.05, 3.63) is 48.2 Å². The van der Waals surface area contributed by atoms with E-state index < -0.39 is 72.1 Å². The van der Waals surface area contributed by atoms with E-state index >= 15 is 0 Å². The van der Waals surface area contributed by atoms with Crippen molar-refractivity contribution < 1.29 is 62.5 Å². The number of ketones is 1. The van der Waals surface area contributed by atoms with Crippen LogP contribution in [0.25, 0.3) is 0 Å². The highest BCUT2D eigenvalue weighted by Crippen LogP contribution is 2.43. The van der Waals surface area contributed by atoms with E-state index in [0.29, 0.717) is 50.7 Å². The largest absolute Gasteiger partial charge is 0.458 e. The smallest absolute Gasteiger partial charge is 0.331 e. The summed E-state index contributed by atoms with van der Waals surface area (Å²) < 4.78 is 48.7. The number of rotatable bonds is 17. The number of allylic oxidation sites excluding steroid dienone is 2. The highest BCUT2D eigenvalue weighted by atomic mass is 16.6. The first-order chi connectivity index (χ1) is 28.5. The number of hydrogen-bond donors (Lipinski definition) is 2. The van der Waals surface area contributed by atoms with Gasteiger partial charge in [-0.05, 0) is 25.7 Å². The van der Waals surface area contributed by atoms with E-state index in [4.69, 9.17) is 37.9 Å². The average molecular weight is 850 g/mol. The Labute approximate surface area is 358 Å². The summed E-state index contributed by atoms with van der Waals surface area (Å²) in [7, 11) is 9.65. The molecular weight excluding hydrogens is 774 g/mol. The predicted molar refractivity (Wildman–Crippen MR) is 227 cm³/mol. The third kappa shape index (κ3) is 14.1. The fourth-order valence-corrected chi connectivity index (χ4v) is 8.91. The number of esters is 1. The summed E-state index contributed by atoms with van der Waals surface area (Å²) in [5.41, 5.74) is -0.141. The van der Waals surface area contributed by atoms with Crippen LogP contribution < -0.4 is 0 Å². The number of methoxy groups -OCH3 is 5. The van der Waals surface area contributed by atoms with E-state index in [1.807, 2.05) is 46.8 Å². The molecule has 14 heteroatoms. The molecule has 3 rings (SSSR count). The second-order valence-corrected chi connectivity index (χ2v) is 17.2. The van der Waals surface area contributed by atoms with E-state index in [1.165, 1.54) is 11.0 Å². The van der Waals surface area contributed by atoms with Crippen LogP contribution in [0.1, 0.15) is 80.1 Å². The van der Waals surface area contributed by atoms with Gasteiger partial charge >= 0.3 is 5.97 Å². The van der Waals surface area contributed by atoms with Crippen molar-refractivity contribution in [2.45, 2.75) is 147 Å². The molecule has 14 nitrogen and oxygen atoms in total. The van der Waals surface area contributed by atoms with Gasteiger partial charge in [-0.2, -0.15) is 0 Å². The number of amides is 1. The Morgan fingerprint density at radius 2 is 1.65 bits per heavy atom. The zero-order valence-electron chi connectivity index (χ0n) is 38.1. The van der Waals surface area contributed by atoms with Crippen molar-refractivity contribution in [1.29, 1.82) is 0 Å². The van der Waals surface area contributed by atoms with Gasteiger partial charge in [0.1, 0.15) is 17.5 Å². The Kier molecular flexibility index (Phi) is 21.3. The molecule has 3 aliphatic heterocycles. The third-order valence-corrected chi connectivity index (χ3v) is 13.0. The van der Waals surface area contributed by atoms with Crippen LogP contribution in [0.4, 0.5) is 0 Å². The Hall–Kier alpha value is -2.79. The van der Waals surface area contributed by atoms with Crippen molar-refractivity contribution in [2.75, 3.05) is 49.2 Å². The molecule has 2 bridgehead atoms. The fourth-order valence-electron chi connectivity index (χ4n) is 8.91. The van der Waals surface area contributed by atoms with Crippen LogP contribution in [0, 0.1) is 29.6 Å². The minimum absolute atomic E-state index is 0.00245. The van der Waals surface area contributed by atoms with Gasteiger partial charge in [0.2, 0.25) is 6.41 Å². The van der Waals surface area contributed by atoms with Crippen molar-refractivity contribution in [3.63, 3.8) is 0 Å². The minimum Gasteiger partial charge on any atom is -0.458 e. The van der Waals surface area contributed by atoms with E-state index in [9.17, 15) is 24.6 Å². The van der Waals surface area contributed by atoms with Gasteiger partial charge in [-0.3, -0.25) is 9.59 Å². The third-order valence-electron chi connectivity index (χ3n) is 13.0. The van der Waals surface area contributed by atoms with Crippen LogP contribution in [0.2, 0.25) is 0 Å². The summed E-state index contributed by atoms with van der Waals surface area (Å²) in [6, 6.07) is 0. The molecule has 16 atom stereocenters. The molecule has 0 saturated carbocycles. The maximum absolute atomic E-state index is 13.6. The first kappa shape index (κ1) is 51.6. The predicted octanol–water partition coefficient (Wildman–Crippen LogP) is 5.00. The number of hydrogen-bond acceptors (Lipinski definition) is 13. The minimum atomic E-state index is -0.978. The highest BCUT2D eigenvalue weighted by molar-refractivity contribution is 5.82. The molecule has 1 spiro atoms. The number of aliphatic hydroxyl groups excluding tert-OH is 2. The molecule has 0 aliphatic carbocycles. The molecule has 342 valence electrons. The monoisotopic (exact) mass is 850 g/mol. The van der Waals surface area contributed by atoms with Gasteiger partial charge in [0.25, 0.3) is 0 Å². The zero-order valence-corrected chi connectivity index (χ0v) is 38.1. The van der Waals surface area contributed by atoms with Crippen LogP contribution in [-0.4, -0.2) is 149 Å². The first-order valence-electron chi connectivity index (χ1n) is 21.4. The maximum atomic E-state index is 13.6. The molecule has 3 aliphatic rings. The maximum Gasteiger partial charge on any atom is 0.331 e. The average Bonchev–Trinajstić information content (AvgIpc) is 4.05. The van der Waals surface area contributed by atoms with Gasteiger partial charge in [0.05, 0.1) is 61.5 Å². The molecular formula is C46H75NO13. The summed E-state index contributed by atoms with van der Waals surface area (Å²) >= 11 is 0. The lowest BCUT2D eigenvalue weighted by atomic mass is 9.78. The molecule has 0 aromatic heterocycles. The molecule has 0 aromatic rings. The van der Waals surface area contributed by atoms with Gasteiger partial charge in [-0.1, -0.05) is 70.6 Å². The molecule has 0 unspecified atom stereocenters. The van der Waals surface area contributed by atoms with Crippen molar-refractivity contribution in [2.24, 2.45) is 29.6 Å². The first-order valence-corrected chi connectivity index (χ1v) is 21.4. The summed E-state index contributed by atoms with van der Waals surface area (Å²) in [4.78, 5) is 39.5. The number of carbonyl (C=O) groups excluding carboxylic acids is 3. The van der Waals surface area contributed by atoms with Crippen molar-refractivity contribution in [3.8, 4) is 0 Å². The van der Waals surface area contributed by atoms with Gasteiger partial charge in [0.15, 0.2) is 0 Å². The van der Waals surface area contributed by atoms with Gasteiger partial charge in [-0.25, -0.2) is 4.79 Å². The SMILES string of the molecule is CO[C@H]([C@H](C)/C=C/N(C)C=O)[C@@H](C)C(=O)CC[C@H](C)[C@H](O)[C@H](C)[C@H]1OC(=O)/C=C/C(C)=C/[C@@H](O)[C@H](OC)C[C@@H]2C=CC[C@@H](C[C@H](OC)[C@@]3(CO3)[C@@H](OC)C[C@@H](OC)[C@@H]1C)O2. The standard InChI is InChI=1S/C46H75NO13/c1-28-16-19-42(51)60-45(33(6)43(52)29(2)17-18-36(49)31(4)44(57-12)30(3)20-21-47(7)27-48)32(5)38(53-8)25-41(56-11)46(26-58-46)40(55-10)24-35-15-13-14-34(59-35)23-39(54-9)37(50)22-28/h13-14,16,19-22,27,29-35,37-41,43-45,50,52H,15,17-18,23-26H2,1-12H3/b19-16+,21-20+,28-22+/t29-,30+,31-,32-,33-,34-,35-,37+,38+,39+,40-,41-,43-,44+,45-,46-/m0/s1. The molecule has 60 heavy (non-hydrogen) atoms. The summed E-state index contributed by atoms with van der Waals surface area (Å²) in [6.45, 7) is 11.6. The lowest BCUT2D eigenvalue weighted by Crippen LogP contribution is -2.50. The number of ether oxygens (including phenoxy) is 8. The second kappa shape index (κ2) is 24.7. The number of Topliss-reactive ketones (excluding diaryl/α,β-unsaturated/α-hetero) is 1. The van der Waals surface area contributed by atoms with Crippen LogP contribution in [0.5, 0.6) is 0 Å². The number of cyclic esters (lactones) is 1. The fraction of sp³-hybridized carbons (Fsp3) is 0.761. The number of nitrogens with zero attached hydrogens (tertiary/aromatic N) is 1. The Balaban J connectivity index is 1.90. The van der Waals surface area contributed by atoms with E-state index in [1.54, 1.807) is 67.9 Å². The summed E-state index contributed by atoms with van der Waals surface area (Å²) in [6.07, 6.45) is 9.91. The topological polar surface area (TPSA) is 172 Å². The number of epoxide rings is 1. The molecule has 1 amide bonds. The Bertz CT molecular complexity index is 1460. The number of aliphatic hydroxyl groups is 2. The van der Waals surface area contributed by atoms with E-state index in [0.717, 1.165) is 0 Å².